The predicted molar refractivity (Wildman–Crippen MR) is 65.4 cm³/mol. The molecule has 0 spiro atoms. The number of nitrogens with one attached hydrogen (secondary N) is 1. The summed E-state index contributed by atoms with van der Waals surface area (Å²) in [6, 6.07) is -0.719. The number of nitrogens with zero attached hydrogens (tertiary/aromatic N) is 1. The van der Waals surface area contributed by atoms with Gasteiger partial charge in [0.2, 0.25) is 10.0 Å². The van der Waals surface area contributed by atoms with Gasteiger partial charge in [-0.2, -0.15) is 17.9 Å². The largest absolute Gasteiger partial charge is 0.404 e. The van der Waals surface area contributed by atoms with Gasteiger partial charge in [-0.25, -0.2) is 8.42 Å². The molecule has 1 N–H and O–H groups in total. The van der Waals surface area contributed by atoms with Crippen molar-refractivity contribution in [1.82, 2.24) is 9.29 Å². The Morgan fingerprint density at radius 3 is 2.32 bits per heavy atom. The highest BCUT2D eigenvalue weighted by Crippen LogP contribution is 2.24. The average molecular weight is 298 g/mol. The fourth-order valence-corrected chi connectivity index (χ4v) is 3.25. The van der Waals surface area contributed by atoms with Crippen LogP contribution in [-0.4, -0.2) is 25.2 Å². The number of hydrogen-bond acceptors (Lipinski definition) is 2. The van der Waals surface area contributed by atoms with Crippen LogP contribution in [0.15, 0.2) is 11.0 Å². The molecule has 1 aromatic rings. The summed E-state index contributed by atoms with van der Waals surface area (Å²) in [5.74, 6) is 0. The van der Waals surface area contributed by atoms with Gasteiger partial charge in [0, 0.05) is 18.4 Å². The first-order valence-electron chi connectivity index (χ1n) is 5.75. The van der Waals surface area contributed by atoms with E-state index in [4.69, 9.17) is 0 Å². The zero-order valence-electron chi connectivity index (χ0n) is 11.2. The lowest BCUT2D eigenvalue weighted by molar-refractivity contribution is -0.147. The van der Waals surface area contributed by atoms with Crippen LogP contribution in [0.2, 0.25) is 0 Å². The zero-order valence-corrected chi connectivity index (χ0v) is 12.0. The van der Waals surface area contributed by atoms with Crippen molar-refractivity contribution in [3.63, 3.8) is 0 Å². The van der Waals surface area contributed by atoms with E-state index in [2.05, 4.69) is 0 Å². The Balaban J connectivity index is 3.15. The molecule has 0 saturated carbocycles. The molecule has 110 valence electrons. The maximum Gasteiger partial charge on any atom is 0.404 e. The van der Waals surface area contributed by atoms with E-state index < -0.39 is 22.2 Å². The summed E-state index contributed by atoms with van der Waals surface area (Å²) in [7, 11) is -2.49. The standard InChI is InChI=1S/C11H17F3N2O2S/c1-5-9-6-10(7(2)16(9)4)19(17,18)15-8(3)11(12,13)14/h6,8,15H,5H2,1-4H3/t8-/m1/s1. The molecule has 0 unspecified atom stereocenters. The maximum absolute atomic E-state index is 12.4. The van der Waals surface area contributed by atoms with Crippen LogP contribution in [0.3, 0.4) is 0 Å². The fourth-order valence-electron chi connectivity index (χ4n) is 1.71. The maximum atomic E-state index is 12.4. The number of sulfonamides is 1. The van der Waals surface area contributed by atoms with Crippen molar-refractivity contribution in [2.45, 2.75) is 44.3 Å². The Bertz CT molecular complexity index is 561. The van der Waals surface area contributed by atoms with Crippen LogP contribution in [0.25, 0.3) is 0 Å². The summed E-state index contributed by atoms with van der Waals surface area (Å²) < 4.78 is 64.5. The number of alkyl halides is 3. The Kier molecular flexibility index (Phi) is 4.36. The average Bonchev–Trinajstić information content (AvgIpc) is 2.54. The number of halogens is 3. The van der Waals surface area contributed by atoms with Gasteiger partial charge in [0.1, 0.15) is 10.9 Å². The normalized spacial score (nSPS) is 14.7. The smallest absolute Gasteiger partial charge is 0.351 e. The summed E-state index contributed by atoms with van der Waals surface area (Å²) in [6.07, 6.45) is -4.01. The molecule has 4 nitrogen and oxygen atoms in total. The molecule has 0 saturated heterocycles. The van der Waals surface area contributed by atoms with Gasteiger partial charge >= 0.3 is 6.18 Å². The molecule has 0 fully saturated rings. The highest BCUT2D eigenvalue weighted by atomic mass is 32.2. The van der Waals surface area contributed by atoms with Crippen molar-refractivity contribution in [2.75, 3.05) is 0 Å². The van der Waals surface area contributed by atoms with Crippen molar-refractivity contribution in [3.8, 4) is 0 Å². The van der Waals surface area contributed by atoms with E-state index >= 15 is 0 Å². The van der Waals surface area contributed by atoms with E-state index in [0.717, 1.165) is 12.6 Å². The number of aromatic nitrogens is 1. The van der Waals surface area contributed by atoms with Crippen molar-refractivity contribution in [1.29, 1.82) is 0 Å². The summed E-state index contributed by atoms with van der Waals surface area (Å²) in [5, 5.41) is 0. The van der Waals surface area contributed by atoms with Gasteiger partial charge in [0.25, 0.3) is 0 Å². The molecule has 0 aromatic carbocycles. The molecule has 0 bridgehead atoms. The summed E-state index contributed by atoms with van der Waals surface area (Å²) in [5.41, 5.74) is 1.16. The zero-order chi connectivity index (χ0) is 15.0. The van der Waals surface area contributed by atoms with Crippen LogP contribution in [0, 0.1) is 6.92 Å². The summed E-state index contributed by atoms with van der Waals surface area (Å²) in [4.78, 5) is -0.108. The summed E-state index contributed by atoms with van der Waals surface area (Å²) >= 11 is 0. The van der Waals surface area contributed by atoms with E-state index in [-0.39, 0.29) is 4.90 Å². The highest BCUT2D eigenvalue weighted by Gasteiger charge is 2.39. The van der Waals surface area contributed by atoms with Crippen molar-refractivity contribution < 1.29 is 21.6 Å². The molecular weight excluding hydrogens is 281 g/mol. The van der Waals surface area contributed by atoms with E-state index in [1.54, 1.807) is 23.3 Å². The van der Waals surface area contributed by atoms with E-state index in [9.17, 15) is 21.6 Å². The third-order valence-corrected chi connectivity index (χ3v) is 4.72. The molecule has 1 heterocycles. The number of rotatable bonds is 4. The fraction of sp³-hybridized carbons (Fsp3) is 0.636. The summed E-state index contributed by atoms with van der Waals surface area (Å²) in [6.45, 7) is 4.18. The Labute approximate surface area is 110 Å². The van der Waals surface area contributed by atoms with Gasteiger partial charge in [-0.3, -0.25) is 0 Å². The topological polar surface area (TPSA) is 51.1 Å². The molecule has 8 heteroatoms. The molecule has 0 aliphatic carbocycles. The lowest BCUT2D eigenvalue weighted by Gasteiger charge is -2.17. The molecule has 1 atom stereocenters. The lowest BCUT2D eigenvalue weighted by atomic mass is 10.3. The minimum atomic E-state index is -4.61. The second kappa shape index (κ2) is 5.16. The minimum Gasteiger partial charge on any atom is -0.351 e. The van der Waals surface area contributed by atoms with Gasteiger partial charge in [0.05, 0.1) is 0 Å². The van der Waals surface area contributed by atoms with Crippen LogP contribution in [0.4, 0.5) is 13.2 Å². The first-order valence-corrected chi connectivity index (χ1v) is 7.23. The minimum absolute atomic E-state index is 0.108. The predicted octanol–water partition coefficient (Wildman–Crippen LogP) is 2.13. The van der Waals surface area contributed by atoms with Gasteiger partial charge in [-0.1, -0.05) is 6.92 Å². The first kappa shape index (κ1) is 16.0. The molecule has 0 radical (unpaired) electrons. The van der Waals surface area contributed by atoms with Crippen LogP contribution in [0.5, 0.6) is 0 Å². The van der Waals surface area contributed by atoms with Gasteiger partial charge < -0.3 is 4.57 Å². The van der Waals surface area contributed by atoms with Crippen LogP contribution >= 0.6 is 0 Å². The molecular formula is C11H17F3N2O2S. The van der Waals surface area contributed by atoms with E-state index in [0.29, 0.717) is 12.1 Å². The number of hydrogen-bond donors (Lipinski definition) is 1. The van der Waals surface area contributed by atoms with Crippen LogP contribution in [-0.2, 0) is 23.5 Å². The van der Waals surface area contributed by atoms with Crippen molar-refractivity contribution in [3.05, 3.63) is 17.5 Å². The SMILES string of the molecule is CCc1cc(S(=O)(=O)N[C@H](C)C(F)(F)F)c(C)n1C. The molecule has 1 rings (SSSR count). The monoisotopic (exact) mass is 298 g/mol. The second-order valence-corrected chi connectivity index (χ2v) is 6.06. The van der Waals surface area contributed by atoms with Crippen molar-refractivity contribution in [2.24, 2.45) is 7.05 Å². The third kappa shape index (κ3) is 3.30. The molecule has 0 amide bonds. The Morgan fingerprint density at radius 2 is 1.95 bits per heavy atom. The highest BCUT2D eigenvalue weighted by molar-refractivity contribution is 7.89. The number of aryl methyl sites for hydroxylation is 1. The lowest BCUT2D eigenvalue weighted by Crippen LogP contribution is -2.43. The van der Waals surface area contributed by atoms with Crippen LogP contribution < -0.4 is 4.72 Å². The Morgan fingerprint density at radius 1 is 1.42 bits per heavy atom. The Hall–Kier alpha value is -1.02. The van der Waals surface area contributed by atoms with Gasteiger partial charge in [0.15, 0.2) is 0 Å². The van der Waals surface area contributed by atoms with E-state index in [1.807, 2.05) is 6.92 Å². The van der Waals surface area contributed by atoms with Gasteiger partial charge in [-0.05, 0) is 26.3 Å². The van der Waals surface area contributed by atoms with Gasteiger partial charge in [-0.15, -0.1) is 0 Å². The van der Waals surface area contributed by atoms with Crippen LogP contribution in [0.1, 0.15) is 25.2 Å². The molecule has 1 aromatic heterocycles. The molecule has 0 aliphatic rings. The molecule has 0 aliphatic heterocycles. The third-order valence-electron chi connectivity index (χ3n) is 3.06. The second-order valence-electron chi connectivity index (χ2n) is 4.38. The van der Waals surface area contributed by atoms with E-state index in [1.165, 1.54) is 6.07 Å². The first-order chi connectivity index (χ1) is 8.50. The molecule has 19 heavy (non-hydrogen) atoms. The quantitative estimate of drug-likeness (QED) is 0.925. The van der Waals surface area contributed by atoms with Crippen molar-refractivity contribution >= 4 is 10.0 Å².